The molecule has 1 heterocycles. The van der Waals surface area contributed by atoms with Crippen LogP contribution in [-0.4, -0.2) is 28.2 Å². The third kappa shape index (κ3) is 4.13. The summed E-state index contributed by atoms with van der Waals surface area (Å²) in [5.41, 5.74) is 1.16. The summed E-state index contributed by atoms with van der Waals surface area (Å²) in [5, 5.41) is 12.4. The molecule has 0 fully saturated rings. The molecule has 0 aliphatic heterocycles. The lowest BCUT2D eigenvalue weighted by Crippen LogP contribution is -2.07. The molecule has 19 heavy (non-hydrogen) atoms. The molecule has 0 amide bonds. The number of rotatable bonds is 6. The first kappa shape index (κ1) is 13.1. The summed E-state index contributed by atoms with van der Waals surface area (Å²) in [6.07, 6.45) is 2.34. The van der Waals surface area contributed by atoms with E-state index in [1.165, 1.54) is 6.33 Å². The van der Waals surface area contributed by atoms with Crippen LogP contribution in [0.2, 0.25) is 0 Å². The van der Waals surface area contributed by atoms with Crippen molar-refractivity contribution in [1.29, 1.82) is 0 Å². The summed E-state index contributed by atoms with van der Waals surface area (Å²) in [4.78, 5) is 8.13. The normalized spacial score (nSPS) is 10.2. The Hall–Kier alpha value is -2.30. The monoisotopic (exact) mass is 259 g/mol. The zero-order chi connectivity index (χ0) is 13.5. The summed E-state index contributed by atoms with van der Waals surface area (Å²) in [5.74, 6) is 1.61. The van der Waals surface area contributed by atoms with Gasteiger partial charge >= 0.3 is 0 Å². The average Bonchev–Trinajstić information content (AvgIpc) is 2.42. The van der Waals surface area contributed by atoms with Crippen molar-refractivity contribution >= 4 is 5.82 Å². The van der Waals surface area contributed by atoms with E-state index in [0.717, 1.165) is 24.3 Å². The second-order valence-electron chi connectivity index (χ2n) is 4.02. The molecule has 2 N–H and O–H groups in total. The molecule has 0 saturated heterocycles. The quantitative estimate of drug-likeness (QED) is 0.832. The van der Waals surface area contributed by atoms with E-state index in [1.54, 1.807) is 18.2 Å². The molecule has 0 radical (unpaired) electrons. The van der Waals surface area contributed by atoms with E-state index in [-0.39, 0.29) is 5.75 Å². The third-order valence-electron chi connectivity index (χ3n) is 2.59. The molecule has 1 aromatic heterocycles. The molecule has 2 aromatic rings. The molecule has 0 saturated carbocycles. The number of benzene rings is 1. The predicted octanol–water partition coefficient (Wildman–Crippen LogP) is 2.24. The molecule has 0 spiro atoms. The lowest BCUT2D eigenvalue weighted by atomic mass is 10.1. The predicted molar refractivity (Wildman–Crippen MR) is 73.5 cm³/mol. The molecule has 0 atom stereocenters. The van der Waals surface area contributed by atoms with E-state index < -0.39 is 0 Å². The van der Waals surface area contributed by atoms with Gasteiger partial charge in [0.1, 0.15) is 17.9 Å². The molecule has 0 aliphatic rings. The number of phenols is 1. The smallest absolute Gasteiger partial charge is 0.218 e. The highest BCUT2D eigenvalue weighted by Crippen LogP contribution is 2.12. The minimum Gasteiger partial charge on any atom is -0.508 e. The Balaban J connectivity index is 1.85. The first-order valence-corrected chi connectivity index (χ1v) is 6.24. The van der Waals surface area contributed by atoms with Crippen LogP contribution >= 0.6 is 0 Å². The van der Waals surface area contributed by atoms with Crippen molar-refractivity contribution in [2.24, 2.45) is 0 Å². The number of hydrogen-bond donors (Lipinski definition) is 2. The molecule has 5 heteroatoms. The summed E-state index contributed by atoms with van der Waals surface area (Å²) < 4.78 is 5.31. The van der Waals surface area contributed by atoms with Gasteiger partial charge in [-0.25, -0.2) is 9.97 Å². The minimum atomic E-state index is 0.286. The van der Waals surface area contributed by atoms with Crippen molar-refractivity contribution in [3.8, 4) is 11.6 Å². The van der Waals surface area contributed by atoms with E-state index in [1.807, 2.05) is 19.1 Å². The van der Waals surface area contributed by atoms with Gasteiger partial charge in [0.05, 0.1) is 6.61 Å². The van der Waals surface area contributed by atoms with Crippen molar-refractivity contribution < 1.29 is 9.84 Å². The SMILES string of the molecule is CCOc1cc(NCCc2ccc(O)cc2)ncn1. The standard InChI is InChI=1S/C14H17N3O2/c1-2-19-14-9-13(16-10-17-14)15-8-7-11-3-5-12(18)6-4-11/h3-6,9-10,18H,2,7-8H2,1H3,(H,15,16,17). The maximum absolute atomic E-state index is 9.19. The van der Waals surface area contributed by atoms with Crippen molar-refractivity contribution in [2.45, 2.75) is 13.3 Å². The fraction of sp³-hybridized carbons (Fsp3) is 0.286. The van der Waals surface area contributed by atoms with Gasteiger partial charge in [-0.3, -0.25) is 0 Å². The Kier molecular flexibility index (Phi) is 4.55. The van der Waals surface area contributed by atoms with Gasteiger partial charge in [0.15, 0.2) is 0 Å². The van der Waals surface area contributed by atoms with Crippen molar-refractivity contribution in [1.82, 2.24) is 9.97 Å². The van der Waals surface area contributed by atoms with E-state index in [2.05, 4.69) is 15.3 Å². The van der Waals surface area contributed by atoms with Gasteiger partial charge in [-0.15, -0.1) is 0 Å². The van der Waals surface area contributed by atoms with Crippen LogP contribution in [0, 0.1) is 0 Å². The fourth-order valence-corrected chi connectivity index (χ4v) is 1.66. The first-order valence-electron chi connectivity index (χ1n) is 6.24. The highest BCUT2D eigenvalue weighted by molar-refractivity contribution is 5.37. The van der Waals surface area contributed by atoms with Crippen LogP contribution in [0.15, 0.2) is 36.7 Å². The molecular weight excluding hydrogens is 242 g/mol. The van der Waals surface area contributed by atoms with Gasteiger partial charge in [-0.1, -0.05) is 12.1 Å². The van der Waals surface area contributed by atoms with Gasteiger partial charge in [0.25, 0.3) is 0 Å². The zero-order valence-corrected chi connectivity index (χ0v) is 10.8. The van der Waals surface area contributed by atoms with Gasteiger partial charge in [-0.05, 0) is 31.0 Å². The van der Waals surface area contributed by atoms with Crippen LogP contribution in [0.5, 0.6) is 11.6 Å². The molecule has 2 rings (SSSR count). The number of nitrogens with zero attached hydrogens (tertiary/aromatic N) is 2. The molecular formula is C14H17N3O2. The Labute approximate surface area is 112 Å². The number of hydrogen-bond acceptors (Lipinski definition) is 5. The van der Waals surface area contributed by atoms with Crippen molar-refractivity contribution in [3.63, 3.8) is 0 Å². The largest absolute Gasteiger partial charge is 0.508 e. The molecule has 0 aliphatic carbocycles. The maximum atomic E-state index is 9.19. The highest BCUT2D eigenvalue weighted by Gasteiger charge is 1.99. The van der Waals surface area contributed by atoms with Gasteiger partial charge in [0, 0.05) is 12.6 Å². The Morgan fingerprint density at radius 1 is 1.21 bits per heavy atom. The number of nitrogens with one attached hydrogen (secondary N) is 1. The van der Waals surface area contributed by atoms with Gasteiger partial charge < -0.3 is 15.2 Å². The van der Waals surface area contributed by atoms with Crippen LogP contribution in [0.1, 0.15) is 12.5 Å². The Morgan fingerprint density at radius 2 is 2.00 bits per heavy atom. The second-order valence-corrected chi connectivity index (χ2v) is 4.02. The average molecular weight is 259 g/mol. The van der Waals surface area contributed by atoms with E-state index in [0.29, 0.717) is 12.5 Å². The van der Waals surface area contributed by atoms with E-state index in [4.69, 9.17) is 4.74 Å². The van der Waals surface area contributed by atoms with E-state index >= 15 is 0 Å². The lowest BCUT2D eigenvalue weighted by molar-refractivity contribution is 0.326. The zero-order valence-electron chi connectivity index (χ0n) is 10.8. The summed E-state index contributed by atoms with van der Waals surface area (Å²) >= 11 is 0. The highest BCUT2D eigenvalue weighted by atomic mass is 16.5. The summed E-state index contributed by atoms with van der Waals surface area (Å²) in [7, 11) is 0. The molecule has 0 bridgehead atoms. The number of aromatic hydroxyl groups is 1. The fourth-order valence-electron chi connectivity index (χ4n) is 1.66. The van der Waals surface area contributed by atoms with Crippen molar-refractivity contribution in [2.75, 3.05) is 18.5 Å². The van der Waals surface area contributed by atoms with E-state index in [9.17, 15) is 5.11 Å². The molecule has 100 valence electrons. The van der Waals surface area contributed by atoms with Crippen molar-refractivity contribution in [3.05, 3.63) is 42.2 Å². The summed E-state index contributed by atoms with van der Waals surface area (Å²) in [6.45, 7) is 3.26. The summed E-state index contributed by atoms with van der Waals surface area (Å²) in [6, 6.07) is 8.96. The maximum Gasteiger partial charge on any atom is 0.218 e. The third-order valence-corrected chi connectivity index (χ3v) is 2.59. The van der Waals surface area contributed by atoms with Crippen LogP contribution in [0.4, 0.5) is 5.82 Å². The minimum absolute atomic E-state index is 0.286. The Morgan fingerprint density at radius 3 is 2.74 bits per heavy atom. The van der Waals surface area contributed by atoms with Gasteiger partial charge in [0.2, 0.25) is 5.88 Å². The Bertz CT molecular complexity index is 514. The number of phenolic OH excluding ortho intramolecular Hbond substituents is 1. The molecule has 0 unspecified atom stereocenters. The topological polar surface area (TPSA) is 67.3 Å². The van der Waals surface area contributed by atoms with Gasteiger partial charge in [-0.2, -0.15) is 0 Å². The van der Waals surface area contributed by atoms with Crippen LogP contribution in [-0.2, 0) is 6.42 Å². The molecule has 1 aromatic carbocycles. The van der Waals surface area contributed by atoms with Crippen LogP contribution < -0.4 is 10.1 Å². The molecule has 5 nitrogen and oxygen atoms in total. The lowest BCUT2D eigenvalue weighted by Gasteiger charge is -2.07. The number of ether oxygens (including phenoxy) is 1. The number of anilines is 1. The number of aromatic nitrogens is 2. The first-order chi connectivity index (χ1) is 9.28. The van der Waals surface area contributed by atoms with Crippen LogP contribution in [0.3, 0.4) is 0 Å². The van der Waals surface area contributed by atoms with Crippen LogP contribution in [0.25, 0.3) is 0 Å². The second kappa shape index (κ2) is 6.58.